The summed E-state index contributed by atoms with van der Waals surface area (Å²) in [5.74, 6) is 0. The van der Waals surface area contributed by atoms with Gasteiger partial charge in [0.2, 0.25) is 0 Å². The summed E-state index contributed by atoms with van der Waals surface area (Å²) in [6, 6.07) is 9.66. The first-order chi connectivity index (χ1) is 13.2. The number of anilines is 2. The van der Waals surface area contributed by atoms with Gasteiger partial charge in [0.1, 0.15) is 0 Å². The molecule has 0 fully saturated rings. The Kier molecular flexibility index (Phi) is 5.90. The van der Waals surface area contributed by atoms with Crippen molar-refractivity contribution < 1.29 is 18.0 Å². The molecule has 0 unspecified atom stereocenters. The molecule has 28 heavy (non-hydrogen) atoms. The summed E-state index contributed by atoms with van der Waals surface area (Å²) in [4.78, 5) is 16.3. The molecule has 2 aromatic rings. The van der Waals surface area contributed by atoms with Crippen LogP contribution in [-0.2, 0) is 19.1 Å². The first-order valence-corrected chi connectivity index (χ1v) is 10.0. The van der Waals surface area contributed by atoms with E-state index in [2.05, 4.69) is 5.32 Å². The summed E-state index contributed by atoms with van der Waals surface area (Å²) in [5.41, 5.74) is 2.04. The fourth-order valence-electron chi connectivity index (χ4n) is 3.32. The van der Waals surface area contributed by atoms with E-state index in [0.717, 1.165) is 35.5 Å². The molecule has 1 aliphatic heterocycles. The SMILES string of the molecule is CSc1cc2c(cc1C(F)(F)F)N(C(=O)Nc1cccc(CN(C)C)c1)CC2. The number of hydrogen-bond donors (Lipinski definition) is 1. The molecule has 3 rings (SSSR count). The van der Waals surface area contributed by atoms with Gasteiger partial charge in [0.05, 0.1) is 5.56 Å². The lowest BCUT2D eigenvalue weighted by molar-refractivity contribution is -0.139. The number of carbonyl (C=O) groups is 1. The highest BCUT2D eigenvalue weighted by molar-refractivity contribution is 7.98. The van der Waals surface area contributed by atoms with E-state index >= 15 is 0 Å². The van der Waals surface area contributed by atoms with Crippen LogP contribution in [0.2, 0.25) is 0 Å². The van der Waals surface area contributed by atoms with E-state index in [4.69, 9.17) is 0 Å². The van der Waals surface area contributed by atoms with Gasteiger partial charge in [-0.2, -0.15) is 13.2 Å². The number of benzene rings is 2. The Morgan fingerprint density at radius 3 is 2.64 bits per heavy atom. The van der Waals surface area contributed by atoms with E-state index in [1.54, 1.807) is 18.4 Å². The van der Waals surface area contributed by atoms with Crippen molar-refractivity contribution in [2.45, 2.75) is 24.0 Å². The topological polar surface area (TPSA) is 35.6 Å². The molecular formula is C20H22F3N3OS. The van der Waals surface area contributed by atoms with Gasteiger partial charge in [-0.1, -0.05) is 12.1 Å². The molecule has 1 heterocycles. The van der Waals surface area contributed by atoms with Gasteiger partial charge in [-0.3, -0.25) is 4.90 Å². The Labute approximate surface area is 166 Å². The molecule has 0 saturated heterocycles. The summed E-state index contributed by atoms with van der Waals surface area (Å²) >= 11 is 1.06. The zero-order valence-corrected chi connectivity index (χ0v) is 16.7. The van der Waals surface area contributed by atoms with Gasteiger partial charge < -0.3 is 10.2 Å². The van der Waals surface area contributed by atoms with Gasteiger partial charge in [-0.15, -0.1) is 11.8 Å². The summed E-state index contributed by atoms with van der Waals surface area (Å²) in [6.45, 7) is 1.08. The van der Waals surface area contributed by atoms with Gasteiger partial charge in [0, 0.05) is 29.4 Å². The zero-order chi connectivity index (χ0) is 20.5. The van der Waals surface area contributed by atoms with Crippen molar-refractivity contribution in [2.24, 2.45) is 0 Å². The Bertz CT molecular complexity index is 883. The van der Waals surface area contributed by atoms with Gasteiger partial charge in [0.25, 0.3) is 0 Å². The van der Waals surface area contributed by atoms with E-state index < -0.39 is 17.8 Å². The number of halogens is 3. The second-order valence-corrected chi connectivity index (χ2v) is 7.80. The highest BCUT2D eigenvalue weighted by Gasteiger charge is 2.36. The number of amides is 2. The van der Waals surface area contributed by atoms with E-state index in [1.165, 1.54) is 4.90 Å². The summed E-state index contributed by atoms with van der Waals surface area (Å²) in [6.07, 6.45) is -2.30. The van der Waals surface area contributed by atoms with Crippen molar-refractivity contribution in [1.82, 2.24) is 4.90 Å². The second-order valence-electron chi connectivity index (χ2n) is 6.95. The number of nitrogens with one attached hydrogen (secondary N) is 1. The molecule has 0 saturated carbocycles. The lowest BCUT2D eigenvalue weighted by Gasteiger charge is -2.21. The number of alkyl halides is 3. The minimum Gasteiger partial charge on any atom is -0.308 e. The van der Waals surface area contributed by atoms with Crippen molar-refractivity contribution in [3.05, 3.63) is 53.1 Å². The lowest BCUT2D eigenvalue weighted by Crippen LogP contribution is -2.33. The first-order valence-electron chi connectivity index (χ1n) is 8.79. The number of fused-ring (bicyclic) bond motifs is 1. The summed E-state index contributed by atoms with van der Waals surface area (Å²) < 4.78 is 40.2. The molecular weight excluding hydrogens is 387 g/mol. The minimum absolute atomic E-state index is 0.185. The van der Waals surface area contributed by atoms with E-state index in [9.17, 15) is 18.0 Å². The fourth-order valence-corrected chi connectivity index (χ4v) is 3.97. The highest BCUT2D eigenvalue weighted by atomic mass is 32.2. The molecule has 8 heteroatoms. The van der Waals surface area contributed by atoms with Crippen LogP contribution in [0.1, 0.15) is 16.7 Å². The van der Waals surface area contributed by atoms with Gasteiger partial charge in [-0.05, 0) is 62.2 Å². The standard InChI is InChI=1S/C20H22F3N3OS/c1-25(2)12-13-5-4-6-15(9-13)24-19(27)26-8-7-14-10-18(28-3)16(11-17(14)26)20(21,22)23/h4-6,9-11H,7-8,12H2,1-3H3,(H,24,27). The van der Waals surface area contributed by atoms with Gasteiger partial charge in [0.15, 0.2) is 0 Å². The summed E-state index contributed by atoms with van der Waals surface area (Å²) in [7, 11) is 3.90. The van der Waals surface area contributed by atoms with Crippen LogP contribution < -0.4 is 10.2 Å². The molecule has 1 N–H and O–H groups in total. The first kappa shape index (κ1) is 20.5. The number of nitrogens with zero attached hydrogens (tertiary/aromatic N) is 2. The molecule has 2 amide bonds. The third kappa shape index (κ3) is 4.44. The maximum absolute atomic E-state index is 13.4. The van der Waals surface area contributed by atoms with Crippen LogP contribution in [0.3, 0.4) is 0 Å². The third-order valence-electron chi connectivity index (χ3n) is 4.52. The number of urea groups is 1. The van der Waals surface area contributed by atoms with E-state index in [-0.39, 0.29) is 4.90 Å². The third-order valence-corrected chi connectivity index (χ3v) is 5.30. The predicted molar refractivity (Wildman–Crippen MR) is 107 cm³/mol. The van der Waals surface area contributed by atoms with Gasteiger partial charge in [-0.25, -0.2) is 4.79 Å². The predicted octanol–water partition coefficient (Wildman–Crippen LogP) is 5.08. The molecule has 150 valence electrons. The molecule has 2 aromatic carbocycles. The minimum atomic E-state index is -4.46. The lowest BCUT2D eigenvalue weighted by atomic mass is 10.1. The van der Waals surface area contributed by atoms with Crippen LogP contribution in [-0.4, -0.2) is 37.8 Å². The van der Waals surface area contributed by atoms with Crippen molar-refractivity contribution in [1.29, 1.82) is 0 Å². The van der Waals surface area contributed by atoms with Crippen molar-refractivity contribution in [3.63, 3.8) is 0 Å². The molecule has 0 aromatic heterocycles. The van der Waals surface area contributed by atoms with Crippen LogP contribution >= 0.6 is 11.8 Å². The Hall–Kier alpha value is -2.19. The molecule has 0 atom stereocenters. The summed E-state index contributed by atoms with van der Waals surface area (Å²) in [5, 5.41) is 2.81. The molecule has 0 bridgehead atoms. The average Bonchev–Trinajstić information content (AvgIpc) is 3.02. The van der Waals surface area contributed by atoms with Crippen LogP contribution in [0.25, 0.3) is 0 Å². The Morgan fingerprint density at radius 1 is 1.25 bits per heavy atom. The molecule has 0 aliphatic carbocycles. The smallest absolute Gasteiger partial charge is 0.308 e. The fraction of sp³-hybridized carbons (Fsp3) is 0.350. The van der Waals surface area contributed by atoms with Crippen molar-refractivity contribution in [2.75, 3.05) is 37.1 Å². The molecule has 4 nitrogen and oxygen atoms in total. The van der Waals surface area contributed by atoms with Crippen LogP contribution in [0.4, 0.5) is 29.3 Å². The monoisotopic (exact) mass is 409 g/mol. The quantitative estimate of drug-likeness (QED) is 0.715. The van der Waals surface area contributed by atoms with Gasteiger partial charge >= 0.3 is 12.2 Å². The average molecular weight is 409 g/mol. The van der Waals surface area contributed by atoms with Crippen LogP contribution in [0, 0.1) is 0 Å². The van der Waals surface area contributed by atoms with Crippen molar-refractivity contribution in [3.8, 4) is 0 Å². The normalized spacial score (nSPS) is 13.8. The molecule has 0 spiro atoms. The number of hydrogen-bond acceptors (Lipinski definition) is 3. The number of thioether (sulfide) groups is 1. The van der Waals surface area contributed by atoms with Crippen molar-refractivity contribution >= 4 is 29.2 Å². The maximum atomic E-state index is 13.4. The van der Waals surface area contributed by atoms with E-state index in [1.807, 2.05) is 37.2 Å². The largest absolute Gasteiger partial charge is 0.417 e. The Balaban J connectivity index is 1.84. The second kappa shape index (κ2) is 8.05. The molecule has 0 radical (unpaired) electrons. The highest BCUT2D eigenvalue weighted by Crippen LogP contribution is 2.42. The van der Waals surface area contributed by atoms with Crippen LogP contribution in [0.15, 0.2) is 41.3 Å². The maximum Gasteiger partial charge on any atom is 0.417 e. The van der Waals surface area contributed by atoms with Crippen LogP contribution in [0.5, 0.6) is 0 Å². The number of rotatable bonds is 4. The zero-order valence-electron chi connectivity index (χ0n) is 15.9. The molecule has 1 aliphatic rings. The Morgan fingerprint density at radius 2 is 2.00 bits per heavy atom. The van der Waals surface area contributed by atoms with E-state index in [0.29, 0.717) is 24.3 Å². The number of carbonyl (C=O) groups excluding carboxylic acids is 1.